The van der Waals surface area contributed by atoms with Crippen LogP contribution in [0.25, 0.3) is 0 Å². The van der Waals surface area contributed by atoms with Gasteiger partial charge in [-0.3, -0.25) is 0 Å². The Morgan fingerprint density at radius 2 is 2.19 bits per heavy atom. The van der Waals surface area contributed by atoms with E-state index in [-0.39, 0.29) is 18.2 Å². The van der Waals surface area contributed by atoms with Gasteiger partial charge in [0.2, 0.25) is 5.88 Å². The molecular formula is C9H11F3N2O2. The van der Waals surface area contributed by atoms with Crippen molar-refractivity contribution in [2.45, 2.75) is 19.4 Å². The first-order valence-electron chi connectivity index (χ1n) is 4.50. The Bertz CT molecular complexity index is 344. The molecule has 90 valence electrons. The first-order valence-corrected chi connectivity index (χ1v) is 4.50. The number of halogens is 3. The van der Waals surface area contributed by atoms with Crippen LogP contribution in [0.1, 0.15) is 6.92 Å². The van der Waals surface area contributed by atoms with E-state index in [0.29, 0.717) is 0 Å². The molecule has 4 nitrogen and oxygen atoms in total. The summed E-state index contributed by atoms with van der Waals surface area (Å²) in [7, 11) is 0. The fourth-order valence-electron chi connectivity index (χ4n) is 0.950. The molecule has 0 amide bonds. The zero-order chi connectivity index (χ0) is 12.2. The monoisotopic (exact) mass is 236 g/mol. The number of nitrogens with two attached hydrogens (primary N) is 1. The molecule has 0 aromatic carbocycles. The third-order valence-electron chi connectivity index (χ3n) is 1.60. The molecule has 0 aliphatic carbocycles. The molecule has 1 aromatic heterocycles. The van der Waals surface area contributed by atoms with E-state index in [0.717, 1.165) is 0 Å². The van der Waals surface area contributed by atoms with E-state index >= 15 is 0 Å². The highest BCUT2D eigenvalue weighted by molar-refractivity contribution is 5.46. The summed E-state index contributed by atoms with van der Waals surface area (Å²) >= 11 is 0. The van der Waals surface area contributed by atoms with E-state index in [4.69, 9.17) is 5.73 Å². The van der Waals surface area contributed by atoms with Gasteiger partial charge in [0.1, 0.15) is 0 Å². The lowest BCUT2D eigenvalue weighted by molar-refractivity contribution is -0.281. The van der Waals surface area contributed by atoms with Gasteiger partial charge in [-0.15, -0.1) is 0 Å². The zero-order valence-corrected chi connectivity index (χ0v) is 8.49. The maximum atomic E-state index is 12.4. The molecule has 1 atom stereocenters. The first kappa shape index (κ1) is 12.6. The second-order valence-corrected chi connectivity index (χ2v) is 2.84. The SMILES string of the molecule is CCO[C@H](Oc1ncccc1N)C(F)(F)F. The minimum absolute atomic E-state index is 0.0245. The molecule has 0 bridgehead atoms. The van der Waals surface area contributed by atoms with Gasteiger partial charge in [0.15, 0.2) is 0 Å². The van der Waals surface area contributed by atoms with Gasteiger partial charge < -0.3 is 15.2 Å². The van der Waals surface area contributed by atoms with E-state index in [1.807, 2.05) is 0 Å². The molecule has 1 aromatic rings. The maximum Gasteiger partial charge on any atom is 0.452 e. The van der Waals surface area contributed by atoms with Crippen LogP contribution in [0.3, 0.4) is 0 Å². The van der Waals surface area contributed by atoms with Crippen LogP contribution >= 0.6 is 0 Å². The molecular weight excluding hydrogens is 225 g/mol. The number of ether oxygens (including phenoxy) is 2. The van der Waals surface area contributed by atoms with E-state index in [1.165, 1.54) is 25.3 Å². The average Bonchev–Trinajstić information content (AvgIpc) is 2.19. The lowest BCUT2D eigenvalue weighted by Gasteiger charge is -2.20. The lowest BCUT2D eigenvalue weighted by atomic mass is 10.4. The van der Waals surface area contributed by atoms with Gasteiger partial charge in [-0.2, -0.15) is 13.2 Å². The maximum absolute atomic E-state index is 12.4. The van der Waals surface area contributed by atoms with Gasteiger partial charge in [-0.25, -0.2) is 4.98 Å². The highest BCUT2D eigenvalue weighted by Crippen LogP contribution is 2.27. The Morgan fingerprint density at radius 3 is 2.69 bits per heavy atom. The Labute approximate surface area is 90.2 Å². The van der Waals surface area contributed by atoms with Gasteiger partial charge in [0, 0.05) is 12.8 Å². The Morgan fingerprint density at radius 1 is 1.50 bits per heavy atom. The normalized spacial score (nSPS) is 13.5. The molecule has 16 heavy (non-hydrogen) atoms. The zero-order valence-electron chi connectivity index (χ0n) is 8.49. The third kappa shape index (κ3) is 3.27. The number of aromatic nitrogens is 1. The first-order chi connectivity index (χ1) is 7.45. The summed E-state index contributed by atoms with van der Waals surface area (Å²) in [5.74, 6) is -0.293. The summed E-state index contributed by atoms with van der Waals surface area (Å²) in [4.78, 5) is 3.59. The molecule has 0 spiro atoms. The molecule has 0 aliphatic heterocycles. The number of rotatable bonds is 4. The van der Waals surface area contributed by atoms with Crippen LogP contribution < -0.4 is 10.5 Å². The Balaban J connectivity index is 2.80. The summed E-state index contributed by atoms with van der Waals surface area (Å²) < 4.78 is 46.2. The fourth-order valence-corrected chi connectivity index (χ4v) is 0.950. The Hall–Kier alpha value is -1.50. The topological polar surface area (TPSA) is 57.4 Å². The second kappa shape index (κ2) is 5.02. The molecule has 1 heterocycles. The van der Waals surface area contributed by atoms with Gasteiger partial charge in [0.05, 0.1) is 5.69 Å². The molecule has 7 heteroatoms. The number of alkyl halides is 3. The number of hydrogen-bond acceptors (Lipinski definition) is 4. The highest BCUT2D eigenvalue weighted by Gasteiger charge is 2.43. The van der Waals surface area contributed by atoms with Crippen molar-refractivity contribution in [3.05, 3.63) is 18.3 Å². The second-order valence-electron chi connectivity index (χ2n) is 2.84. The van der Waals surface area contributed by atoms with Crippen molar-refractivity contribution in [2.75, 3.05) is 12.3 Å². The minimum atomic E-state index is -4.63. The van der Waals surface area contributed by atoms with E-state index in [9.17, 15) is 13.2 Å². The van der Waals surface area contributed by atoms with Crippen molar-refractivity contribution in [3.63, 3.8) is 0 Å². The van der Waals surface area contributed by atoms with E-state index in [1.54, 1.807) is 0 Å². The lowest BCUT2D eigenvalue weighted by Crippen LogP contribution is -2.37. The van der Waals surface area contributed by atoms with Crippen LogP contribution in [0.15, 0.2) is 18.3 Å². The predicted octanol–water partition coefficient (Wildman–Crippen LogP) is 1.97. The summed E-state index contributed by atoms with van der Waals surface area (Å²) in [6.07, 6.45) is -5.69. The number of anilines is 1. The van der Waals surface area contributed by atoms with Crippen molar-refractivity contribution < 1.29 is 22.6 Å². The molecule has 0 unspecified atom stereocenters. The number of nitrogen functional groups attached to an aromatic ring is 1. The quantitative estimate of drug-likeness (QED) is 0.812. The van der Waals surface area contributed by atoms with E-state index < -0.39 is 12.5 Å². The molecule has 0 aliphatic rings. The molecule has 2 N–H and O–H groups in total. The van der Waals surface area contributed by atoms with Gasteiger partial charge in [0.25, 0.3) is 6.29 Å². The van der Waals surface area contributed by atoms with Crippen molar-refractivity contribution in [1.29, 1.82) is 0 Å². The number of pyridine rings is 1. The highest BCUT2D eigenvalue weighted by atomic mass is 19.4. The smallest absolute Gasteiger partial charge is 0.436 e. The van der Waals surface area contributed by atoms with Crippen LogP contribution in [0.2, 0.25) is 0 Å². The van der Waals surface area contributed by atoms with Crippen molar-refractivity contribution in [3.8, 4) is 5.88 Å². The summed E-state index contributed by atoms with van der Waals surface area (Å²) in [5, 5.41) is 0. The molecule has 0 radical (unpaired) electrons. The van der Waals surface area contributed by atoms with Gasteiger partial charge in [-0.05, 0) is 19.1 Å². The fraction of sp³-hybridized carbons (Fsp3) is 0.444. The number of nitrogens with zero attached hydrogens (tertiary/aromatic N) is 1. The van der Waals surface area contributed by atoms with E-state index in [2.05, 4.69) is 14.5 Å². The average molecular weight is 236 g/mol. The van der Waals surface area contributed by atoms with Gasteiger partial charge >= 0.3 is 6.18 Å². The molecule has 0 fully saturated rings. The van der Waals surface area contributed by atoms with Crippen molar-refractivity contribution in [1.82, 2.24) is 4.98 Å². The summed E-state index contributed by atoms with van der Waals surface area (Å²) in [6.45, 7) is 1.31. The summed E-state index contributed by atoms with van der Waals surface area (Å²) in [5.41, 5.74) is 5.42. The van der Waals surface area contributed by atoms with Crippen LogP contribution in [-0.2, 0) is 4.74 Å². The number of hydrogen-bond donors (Lipinski definition) is 1. The van der Waals surface area contributed by atoms with Gasteiger partial charge in [-0.1, -0.05) is 0 Å². The molecule has 1 rings (SSSR count). The Kier molecular flexibility index (Phi) is 3.94. The van der Waals surface area contributed by atoms with Crippen LogP contribution in [0.5, 0.6) is 5.88 Å². The van der Waals surface area contributed by atoms with Crippen molar-refractivity contribution in [2.24, 2.45) is 0 Å². The molecule has 0 saturated heterocycles. The predicted molar refractivity (Wildman–Crippen MR) is 50.7 cm³/mol. The standard InChI is InChI=1S/C9H11F3N2O2/c1-2-15-8(9(10,11)12)16-7-6(13)4-3-5-14-7/h3-5,8H,2,13H2,1H3/t8-/m1/s1. The van der Waals surface area contributed by atoms with Crippen molar-refractivity contribution >= 4 is 5.69 Å². The third-order valence-corrected chi connectivity index (χ3v) is 1.60. The minimum Gasteiger partial charge on any atom is -0.436 e. The van der Waals surface area contributed by atoms with Crippen LogP contribution in [0.4, 0.5) is 18.9 Å². The summed E-state index contributed by atoms with van der Waals surface area (Å²) in [6, 6.07) is 2.88. The van der Waals surface area contributed by atoms with Crippen LogP contribution in [-0.4, -0.2) is 24.1 Å². The molecule has 0 saturated carbocycles. The van der Waals surface area contributed by atoms with Crippen LogP contribution in [0, 0.1) is 0 Å². The largest absolute Gasteiger partial charge is 0.452 e.